The Hall–Kier alpha value is -1.44. The zero-order valence-electron chi connectivity index (χ0n) is 8.88. The summed E-state index contributed by atoms with van der Waals surface area (Å²) in [6.45, 7) is 7.88. The fourth-order valence-electron chi connectivity index (χ4n) is 1.49. The quantitative estimate of drug-likeness (QED) is 0.566. The molecule has 3 N–H and O–H groups in total. The molecule has 14 heavy (non-hydrogen) atoms. The van der Waals surface area contributed by atoms with Crippen molar-refractivity contribution < 1.29 is 0 Å². The lowest BCUT2D eigenvalue weighted by molar-refractivity contribution is 0.814. The summed E-state index contributed by atoms with van der Waals surface area (Å²) in [6, 6.07) is 6.40. The number of nitrogen functional groups attached to an aromatic ring is 1. The summed E-state index contributed by atoms with van der Waals surface area (Å²) in [5.41, 5.74) is 8.81. The van der Waals surface area contributed by atoms with Crippen LogP contribution in [0, 0.1) is 6.92 Å². The van der Waals surface area contributed by atoms with Crippen LogP contribution < -0.4 is 11.1 Å². The van der Waals surface area contributed by atoms with Crippen LogP contribution >= 0.6 is 0 Å². The monoisotopic (exact) mass is 190 g/mol. The van der Waals surface area contributed by atoms with Gasteiger partial charge in [0.1, 0.15) is 0 Å². The largest absolute Gasteiger partial charge is 0.399 e. The number of nitrogens with one attached hydrogen (secondary N) is 1. The molecule has 1 unspecified atom stereocenters. The van der Waals surface area contributed by atoms with E-state index >= 15 is 0 Å². The molecule has 1 aromatic rings. The summed E-state index contributed by atoms with van der Waals surface area (Å²) in [5.74, 6) is 0. The average Bonchev–Trinajstić information content (AvgIpc) is 2.01. The smallest absolute Gasteiger partial charge is 0.0365 e. The first kappa shape index (κ1) is 10.6. The first-order valence-electron chi connectivity index (χ1n) is 4.86. The number of nitrogens with two attached hydrogens (primary N) is 1. The number of rotatable bonds is 4. The van der Waals surface area contributed by atoms with Crippen LogP contribution in [0.15, 0.2) is 30.9 Å². The van der Waals surface area contributed by atoms with Gasteiger partial charge in [0.2, 0.25) is 0 Å². The van der Waals surface area contributed by atoms with Crippen LogP contribution in [-0.2, 0) is 0 Å². The molecular weight excluding hydrogens is 172 g/mol. The summed E-state index contributed by atoms with van der Waals surface area (Å²) >= 11 is 0. The van der Waals surface area contributed by atoms with Crippen molar-refractivity contribution in [1.82, 2.24) is 0 Å². The molecule has 2 heteroatoms. The van der Waals surface area contributed by atoms with Crippen LogP contribution in [0.4, 0.5) is 11.4 Å². The van der Waals surface area contributed by atoms with E-state index in [1.165, 1.54) is 5.56 Å². The zero-order valence-corrected chi connectivity index (χ0v) is 8.88. The lowest BCUT2D eigenvalue weighted by atomic mass is 10.1. The summed E-state index contributed by atoms with van der Waals surface area (Å²) in [5, 5.41) is 3.37. The molecule has 0 aliphatic rings. The van der Waals surface area contributed by atoms with Crippen molar-refractivity contribution in [2.24, 2.45) is 0 Å². The van der Waals surface area contributed by atoms with Crippen molar-refractivity contribution in [1.29, 1.82) is 0 Å². The van der Waals surface area contributed by atoms with E-state index in [9.17, 15) is 0 Å². The van der Waals surface area contributed by atoms with Gasteiger partial charge in [-0.1, -0.05) is 6.08 Å². The van der Waals surface area contributed by atoms with Crippen LogP contribution in [0.1, 0.15) is 18.9 Å². The predicted octanol–water partition coefficient (Wildman–Crippen LogP) is 2.95. The molecule has 0 saturated carbocycles. The number of hydrogen-bond donors (Lipinski definition) is 2. The van der Waals surface area contributed by atoms with Crippen LogP contribution in [0.5, 0.6) is 0 Å². The first-order valence-corrected chi connectivity index (χ1v) is 4.86. The number of hydrogen-bond acceptors (Lipinski definition) is 2. The number of aryl methyl sites for hydroxylation is 1. The van der Waals surface area contributed by atoms with Gasteiger partial charge < -0.3 is 11.1 Å². The Balaban J connectivity index is 2.71. The molecule has 0 bridgehead atoms. The molecule has 0 saturated heterocycles. The molecule has 0 aliphatic heterocycles. The lowest BCUT2D eigenvalue weighted by Crippen LogP contribution is -2.13. The fourth-order valence-corrected chi connectivity index (χ4v) is 1.49. The highest BCUT2D eigenvalue weighted by atomic mass is 14.9. The van der Waals surface area contributed by atoms with E-state index in [2.05, 4.69) is 24.9 Å². The maximum Gasteiger partial charge on any atom is 0.0365 e. The van der Waals surface area contributed by atoms with Gasteiger partial charge in [-0.3, -0.25) is 0 Å². The van der Waals surface area contributed by atoms with Crippen LogP contribution in [0.2, 0.25) is 0 Å². The fraction of sp³-hybridized carbons (Fsp3) is 0.333. The van der Waals surface area contributed by atoms with Gasteiger partial charge >= 0.3 is 0 Å². The minimum atomic E-state index is 0.397. The standard InChI is InChI=1S/C12H18N2/c1-4-5-10(3)14-12-7-9(2)6-11(13)8-12/h4,6-8,10,14H,1,5,13H2,2-3H3. The molecule has 0 aromatic heterocycles. The molecule has 76 valence electrons. The highest BCUT2D eigenvalue weighted by Crippen LogP contribution is 2.17. The van der Waals surface area contributed by atoms with E-state index in [-0.39, 0.29) is 0 Å². The van der Waals surface area contributed by atoms with E-state index in [1.807, 2.05) is 25.1 Å². The third-order valence-corrected chi connectivity index (χ3v) is 2.03. The molecule has 1 atom stereocenters. The molecular formula is C12H18N2. The van der Waals surface area contributed by atoms with E-state index < -0.39 is 0 Å². The zero-order chi connectivity index (χ0) is 10.6. The molecule has 0 heterocycles. The second-order valence-corrected chi connectivity index (χ2v) is 3.70. The summed E-state index contributed by atoms with van der Waals surface area (Å²) in [7, 11) is 0. The van der Waals surface area contributed by atoms with Gasteiger partial charge in [-0.2, -0.15) is 0 Å². The van der Waals surface area contributed by atoms with Crippen LogP contribution in [0.25, 0.3) is 0 Å². The van der Waals surface area contributed by atoms with Gasteiger partial charge in [0.05, 0.1) is 0 Å². The second kappa shape index (κ2) is 4.70. The van der Waals surface area contributed by atoms with Gasteiger partial charge in [-0.05, 0) is 44.0 Å². The van der Waals surface area contributed by atoms with Gasteiger partial charge in [-0.15, -0.1) is 6.58 Å². The van der Waals surface area contributed by atoms with Crippen molar-refractivity contribution in [2.45, 2.75) is 26.3 Å². The van der Waals surface area contributed by atoms with Gasteiger partial charge in [0, 0.05) is 17.4 Å². The van der Waals surface area contributed by atoms with Crippen molar-refractivity contribution in [3.63, 3.8) is 0 Å². The summed E-state index contributed by atoms with van der Waals surface area (Å²) < 4.78 is 0. The maximum atomic E-state index is 5.75. The SMILES string of the molecule is C=CCC(C)Nc1cc(C)cc(N)c1. The first-order chi connectivity index (χ1) is 6.61. The summed E-state index contributed by atoms with van der Waals surface area (Å²) in [4.78, 5) is 0. The maximum absolute atomic E-state index is 5.75. The molecule has 0 spiro atoms. The minimum absolute atomic E-state index is 0.397. The Labute approximate surface area is 85.8 Å². The third-order valence-electron chi connectivity index (χ3n) is 2.03. The van der Waals surface area contributed by atoms with Crippen molar-refractivity contribution in [3.8, 4) is 0 Å². The normalized spacial score (nSPS) is 12.1. The Morgan fingerprint density at radius 3 is 2.79 bits per heavy atom. The van der Waals surface area contributed by atoms with Gasteiger partial charge in [0.15, 0.2) is 0 Å². The second-order valence-electron chi connectivity index (χ2n) is 3.70. The van der Waals surface area contributed by atoms with Crippen LogP contribution in [0.3, 0.4) is 0 Å². The highest BCUT2D eigenvalue weighted by molar-refractivity contribution is 5.57. The Bertz CT molecular complexity index is 298. The predicted molar refractivity (Wildman–Crippen MR) is 63.5 cm³/mol. The molecule has 2 nitrogen and oxygen atoms in total. The van der Waals surface area contributed by atoms with E-state index in [4.69, 9.17) is 5.73 Å². The topological polar surface area (TPSA) is 38.0 Å². The number of benzene rings is 1. The minimum Gasteiger partial charge on any atom is -0.399 e. The Morgan fingerprint density at radius 1 is 1.50 bits per heavy atom. The van der Waals surface area contributed by atoms with Crippen LogP contribution in [-0.4, -0.2) is 6.04 Å². The van der Waals surface area contributed by atoms with E-state index in [0.717, 1.165) is 17.8 Å². The van der Waals surface area contributed by atoms with Gasteiger partial charge in [-0.25, -0.2) is 0 Å². The van der Waals surface area contributed by atoms with Crippen molar-refractivity contribution >= 4 is 11.4 Å². The lowest BCUT2D eigenvalue weighted by Gasteiger charge is -2.14. The highest BCUT2D eigenvalue weighted by Gasteiger charge is 2.00. The molecule has 0 radical (unpaired) electrons. The van der Waals surface area contributed by atoms with Crippen molar-refractivity contribution in [2.75, 3.05) is 11.1 Å². The number of anilines is 2. The van der Waals surface area contributed by atoms with Gasteiger partial charge in [0.25, 0.3) is 0 Å². The van der Waals surface area contributed by atoms with Crippen molar-refractivity contribution in [3.05, 3.63) is 36.4 Å². The molecule has 1 rings (SSSR count). The molecule has 0 fully saturated rings. The molecule has 0 aliphatic carbocycles. The summed E-state index contributed by atoms with van der Waals surface area (Å²) in [6.07, 6.45) is 2.87. The third kappa shape index (κ3) is 3.13. The average molecular weight is 190 g/mol. The Morgan fingerprint density at radius 2 is 2.21 bits per heavy atom. The Kier molecular flexibility index (Phi) is 3.57. The molecule has 0 amide bonds. The molecule has 1 aromatic carbocycles. The van der Waals surface area contributed by atoms with E-state index in [1.54, 1.807) is 0 Å². The van der Waals surface area contributed by atoms with E-state index in [0.29, 0.717) is 6.04 Å².